The SMILES string of the molecule is CCC(C)(CCO)NC(=O)c1ccc(F)c(Br)c1. The molecular formula is C13H17BrFNO2. The third-order valence-electron chi connectivity index (χ3n) is 3.04. The van der Waals surface area contributed by atoms with Gasteiger partial charge in [0.2, 0.25) is 0 Å². The number of aliphatic hydroxyl groups is 1. The van der Waals surface area contributed by atoms with Crippen LogP contribution < -0.4 is 5.32 Å². The van der Waals surface area contributed by atoms with Crippen molar-refractivity contribution in [1.82, 2.24) is 5.32 Å². The van der Waals surface area contributed by atoms with Gasteiger partial charge in [-0.1, -0.05) is 6.92 Å². The van der Waals surface area contributed by atoms with Gasteiger partial charge in [0, 0.05) is 17.7 Å². The fourth-order valence-electron chi connectivity index (χ4n) is 1.56. The molecule has 0 saturated heterocycles. The molecule has 1 atom stereocenters. The Labute approximate surface area is 115 Å². The van der Waals surface area contributed by atoms with Crippen molar-refractivity contribution in [2.75, 3.05) is 6.61 Å². The van der Waals surface area contributed by atoms with Gasteiger partial charge in [-0.15, -0.1) is 0 Å². The van der Waals surface area contributed by atoms with Crippen molar-refractivity contribution in [3.8, 4) is 0 Å². The minimum atomic E-state index is -0.452. The van der Waals surface area contributed by atoms with Crippen LogP contribution in [0.4, 0.5) is 4.39 Å². The van der Waals surface area contributed by atoms with Gasteiger partial charge in [-0.3, -0.25) is 4.79 Å². The van der Waals surface area contributed by atoms with Crippen LogP contribution in [-0.4, -0.2) is 23.2 Å². The number of amides is 1. The second-order valence-electron chi connectivity index (χ2n) is 4.47. The van der Waals surface area contributed by atoms with Crippen LogP contribution in [-0.2, 0) is 0 Å². The van der Waals surface area contributed by atoms with Crippen LogP contribution in [0.5, 0.6) is 0 Å². The van der Waals surface area contributed by atoms with Crippen LogP contribution in [0, 0.1) is 5.82 Å². The molecule has 5 heteroatoms. The third-order valence-corrected chi connectivity index (χ3v) is 3.65. The van der Waals surface area contributed by atoms with E-state index in [1.165, 1.54) is 18.2 Å². The maximum absolute atomic E-state index is 13.1. The van der Waals surface area contributed by atoms with Crippen molar-refractivity contribution in [1.29, 1.82) is 0 Å². The van der Waals surface area contributed by atoms with E-state index < -0.39 is 11.4 Å². The molecule has 18 heavy (non-hydrogen) atoms. The Morgan fingerprint density at radius 1 is 1.56 bits per heavy atom. The zero-order valence-corrected chi connectivity index (χ0v) is 12.1. The van der Waals surface area contributed by atoms with Crippen molar-refractivity contribution in [2.24, 2.45) is 0 Å². The molecule has 1 rings (SSSR count). The lowest BCUT2D eigenvalue weighted by molar-refractivity contribution is 0.0886. The first kappa shape index (κ1) is 15.1. The van der Waals surface area contributed by atoms with E-state index in [0.29, 0.717) is 18.4 Å². The summed E-state index contributed by atoms with van der Waals surface area (Å²) in [5.74, 6) is -0.673. The first-order valence-electron chi connectivity index (χ1n) is 5.80. The van der Waals surface area contributed by atoms with Crippen molar-refractivity contribution in [3.05, 3.63) is 34.1 Å². The number of halogens is 2. The van der Waals surface area contributed by atoms with Gasteiger partial charge in [0.25, 0.3) is 5.91 Å². The number of nitrogens with one attached hydrogen (secondary N) is 1. The first-order valence-corrected chi connectivity index (χ1v) is 6.59. The standard InChI is InChI=1S/C13H17BrFNO2/c1-3-13(2,6-7-17)16-12(18)9-4-5-11(15)10(14)8-9/h4-5,8,17H,3,6-7H2,1-2H3,(H,16,18). The minimum absolute atomic E-state index is 0.0116. The number of carbonyl (C=O) groups is 1. The molecule has 1 aromatic rings. The van der Waals surface area contributed by atoms with E-state index in [1.807, 2.05) is 13.8 Å². The Hall–Kier alpha value is -0.940. The summed E-state index contributed by atoms with van der Waals surface area (Å²) >= 11 is 3.05. The largest absolute Gasteiger partial charge is 0.396 e. The lowest BCUT2D eigenvalue weighted by atomic mass is 9.94. The van der Waals surface area contributed by atoms with Gasteiger partial charge in [-0.25, -0.2) is 4.39 Å². The fraction of sp³-hybridized carbons (Fsp3) is 0.462. The highest BCUT2D eigenvalue weighted by atomic mass is 79.9. The van der Waals surface area contributed by atoms with Crippen LogP contribution in [0.15, 0.2) is 22.7 Å². The highest BCUT2D eigenvalue weighted by Crippen LogP contribution is 2.19. The average molecular weight is 318 g/mol. The van der Waals surface area contributed by atoms with Gasteiger partial charge in [-0.05, 0) is 53.9 Å². The van der Waals surface area contributed by atoms with Crippen LogP contribution in [0.25, 0.3) is 0 Å². The monoisotopic (exact) mass is 317 g/mol. The zero-order valence-electron chi connectivity index (χ0n) is 10.5. The number of hydrogen-bond acceptors (Lipinski definition) is 2. The number of aliphatic hydroxyl groups excluding tert-OH is 1. The quantitative estimate of drug-likeness (QED) is 0.877. The summed E-state index contributed by atoms with van der Waals surface area (Å²) in [7, 11) is 0. The summed E-state index contributed by atoms with van der Waals surface area (Å²) in [6, 6.07) is 4.12. The van der Waals surface area contributed by atoms with Crippen molar-refractivity contribution >= 4 is 21.8 Å². The van der Waals surface area contributed by atoms with Crippen molar-refractivity contribution in [3.63, 3.8) is 0 Å². The Balaban J connectivity index is 2.84. The summed E-state index contributed by atoms with van der Waals surface area (Å²) < 4.78 is 13.3. The topological polar surface area (TPSA) is 49.3 Å². The molecule has 0 bridgehead atoms. The van der Waals surface area contributed by atoms with Crippen LogP contribution in [0.2, 0.25) is 0 Å². The van der Waals surface area contributed by atoms with E-state index in [-0.39, 0.29) is 17.0 Å². The molecule has 0 spiro atoms. The Morgan fingerprint density at radius 2 is 2.22 bits per heavy atom. The maximum Gasteiger partial charge on any atom is 0.251 e. The smallest absolute Gasteiger partial charge is 0.251 e. The number of carbonyl (C=O) groups excluding carboxylic acids is 1. The fourth-order valence-corrected chi connectivity index (χ4v) is 1.94. The number of rotatable bonds is 5. The number of hydrogen-bond donors (Lipinski definition) is 2. The molecule has 0 saturated carbocycles. The summed E-state index contributed by atoms with van der Waals surface area (Å²) in [5, 5.41) is 11.9. The molecule has 0 radical (unpaired) electrons. The maximum atomic E-state index is 13.1. The van der Waals surface area contributed by atoms with Crippen molar-refractivity contribution in [2.45, 2.75) is 32.2 Å². The molecule has 0 aliphatic carbocycles. The van der Waals surface area contributed by atoms with E-state index in [0.717, 1.165) is 0 Å². The summed E-state index contributed by atoms with van der Waals surface area (Å²) in [5.41, 5.74) is -0.0620. The normalized spacial score (nSPS) is 14.1. The van der Waals surface area contributed by atoms with Gasteiger partial charge >= 0.3 is 0 Å². The second kappa shape index (κ2) is 6.29. The predicted octanol–water partition coefficient (Wildman–Crippen LogP) is 2.87. The Kier molecular flexibility index (Phi) is 5.28. The summed E-state index contributed by atoms with van der Waals surface area (Å²) in [4.78, 5) is 12.0. The molecule has 0 heterocycles. The second-order valence-corrected chi connectivity index (χ2v) is 5.33. The van der Waals surface area contributed by atoms with Gasteiger partial charge in [0.1, 0.15) is 5.82 Å². The molecule has 0 aliphatic heterocycles. The highest BCUT2D eigenvalue weighted by molar-refractivity contribution is 9.10. The zero-order chi connectivity index (χ0) is 13.8. The van der Waals surface area contributed by atoms with E-state index in [2.05, 4.69) is 21.2 Å². The van der Waals surface area contributed by atoms with Crippen LogP contribution in [0.3, 0.4) is 0 Å². The molecule has 3 nitrogen and oxygen atoms in total. The van der Waals surface area contributed by atoms with Gasteiger partial charge < -0.3 is 10.4 Å². The van der Waals surface area contributed by atoms with Gasteiger partial charge in [0.15, 0.2) is 0 Å². The first-order chi connectivity index (χ1) is 8.41. The minimum Gasteiger partial charge on any atom is -0.396 e. The van der Waals surface area contributed by atoms with Gasteiger partial charge in [-0.2, -0.15) is 0 Å². The Bertz CT molecular complexity index is 439. The number of benzene rings is 1. The van der Waals surface area contributed by atoms with Crippen LogP contribution in [0.1, 0.15) is 37.0 Å². The van der Waals surface area contributed by atoms with Crippen molar-refractivity contribution < 1.29 is 14.3 Å². The molecule has 1 amide bonds. The van der Waals surface area contributed by atoms with E-state index >= 15 is 0 Å². The molecule has 100 valence electrons. The highest BCUT2D eigenvalue weighted by Gasteiger charge is 2.24. The molecule has 1 unspecified atom stereocenters. The predicted molar refractivity (Wildman–Crippen MR) is 72.0 cm³/mol. The third kappa shape index (κ3) is 3.78. The summed E-state index contributed by atoms with van der Waals surface area (Å²) in [6.07, 6.45) is 1.19. The molecule has 1 aromatic carbocycles. The Morgan fingerprint density at radius 3 is 2.72 bits per heavy atom. The lowest BCUT2D eigenvalue weighted by Gasteiger charge is -2.29. The van der Waals surface area contributed by atoms with E-state index in [4.69, 9.17) is 5.11 Å². The average Bonchev–Trinajstić information content (AvgIpc) is 2.32. The molecule has 2 N–H and O–H groups in total. The molecule has 0 fully saturated rings. The molecule has 0 aliphatic rings. The van der Waals surface area contributed by atoms with E-state index in [9.17, 15) is 9.18 Å². The lowest BCUT2D eigenvalue weighted by Crippen LogP contribution is -2.46. The summed E-state index contributed by atoms with van der Waals surface area (Å²) in [6.45, 7) is 3.83. The van der Waals surface area contributed by atoms with E-state index in [1.54, 1.807) is 0 Å². The van der Waals surface area contributed by atoms with Crippen LogP contribution >= 0.6 is 15.9 Å². The molecular weight excluding hydrogens is 301 g/mol. The molecule has 0 aromatic heterocycles. The van der Waals surface area contributed by atoms with Gasteiger partial charge in [0.05, 0.1) is 4.47 Å².